The average Bonchev–Trinajstić information content (AvgIpc) is 2.57. The van der Waals surface area contributed by atoms with Gasteiger partial charge in [0.2, 0.25) is 10.0 Å². The molecule has 0 atom stereocenters. The maximum atomic E-state index is 11.2. The largest absolute Gasteiger partial charge is 0.362 e. The van der Waals surface area contributed by atoms with E-state index >= 15 is 0 Å². The molecule has 0 amide bonds. The Morgan fingerprint density at radius 2 is 2.25 bits per heavy atom. The number of fused-ring (bicyclic) bond motifs is 1. The van der Waals surface area contributed by atoms with Gasteiger partial charge >= 0.3 is 0 Å². The van der Waals surface area contributed by atoms with Crippen LogP contribution in [0.3, 0.4) is 0 Å². The molecular formula is C9H11N3O2S2. The summed E-state index contributed by atoms with van der Waals surface area (Å²) in [6, 6.07) is 4.67. The highest BCUT2D eigenvalue weighted by Gasteiger charge is 2.10. The first-order valence-corrected chi connectivity index (χ1v) is 7.04. The van der Waals surface area contributed by atoms with Crippen LogP contribution >= 0.6 is 11.3 Å². The third-order valence-electron chi connectivity index (χ3n) is 2.02. The minimum Gasteiger partial charge on any atom is -0.362 e. The molecule has 0 saturated carbocycles. The van der Waals surface area contributed by atoms with Crippen molar-refractivity contribution in [1.82, 2.24) is 4.98 Å². The van der Waals surface area contributed by atoms with Gasteiger partial charge in [-0.05, 0) is 25.1 Å². The summed E-state index contributed by atoms with van der Waals surface area (Å²) in [6.45, 7) is 2.75. The van der Waals surface area contributed by atoms with Crippen LogP contribution in [0.25, 0.3) is 10.2 Å². The summed E-state index contributed by atoms with van der Waals surface area (Å²) in [4.78, 5) is 4.41. The molecule has 0 bridgehead atoms. The Morgan fingerprint density at radius 3 is 2.88 bits per heavy atom. The number of primary sulfonamides is 1. The number of aromatic nitrogens is 1. The summed E-state index contributed by atoms with van der Waals surface area (Å²) in [5.74, 6) is 0. The van der Waals surface area contributed by atoms with E-state index in [1.54, 1.807) is 12.1 Å². The van der Waals surface area contributed by atoms with Crippen LogP contribution in [-0.2, 0) is 10.0 Å². The monoisotopic (exact) mass is 257 g/mol. The Labute approximate surface area is 97.4 Å². The van der Waals surface area contributed by atoms with Gasteiger partial charge in [0.15, 0.2) is 5.13 Å². The van der Waals surface area contributed by atoms with Crippen molar-refractivity contribution >= 4 is 36.7 Å². The second-order valence-electron chi connectivity index (χ2n) is 3.22. The zero-order valence-electron chi connectivity index (χ0n) is 8.60. The van der Waals surface area contributed by atoms with Gasteiger partial charge in [0.25, 0.3) is 0 Å². The molecule has 0 aliphatic rings. The van der Waals surface area contributed by atoms with Crippen LogP contribution in [0.5, 0.6) is 0 Å². The maximum Gasteiger partial charge on any atom is 0.238 e. The summed E-state index contributed by atoms with van der Waals surface area (Å²) in [6.07, 6.45) is 0. The van der Waals surface area contributed by atoms with Gasteiger partial charge in [-0.1, -0.05) is 11.3 Å². The first-order chi connectivity index (χ1) is 7.50. The van der Waals surface area contributed by atoms with Gasteiger partial charge < -0.3 is 5.32 Å². The van der Waals surface area contributed by atoms with Crippen LogP contribution in [0.2, 0.25) is 0 Å². The number of rotatable bonds is 3. The highest BCUT2D eigenvalue weighted by atomic mass is 32.2. The van der Waals surface area contributed by atoms with Crippen molar-refractivity contribution in [3.05, 3.63) is 18.2 Å². The minimum atomic E-state index is -3.64. The van der Waals surface area contributed by atoms with E-state index in [4.69, 9.17) is 5.14 Å². The molecule has 0 spiro atoms. The van der Waals surface area contributed by atoms with E-state index in [-0.39, 0.29) is 4.90 Å². The van der Waals surface area contributed by atoms with Gasteiger partial charge in [0.1, 0.15) is 0 Å². The number of anilines is 1. The zero-order chi connectivity index (χ0) is 11.8. The molecule has 1 aromatic heterocycles. The van der Waals surface area contributed by atoms with E-state index in [1.165, 1.54) is 17.4 Å². The van der Waals surface area contributed by atoms with E-state index in [9.17, 15) is 8.42 Å². The third-order valence-corrected chi connectivity index (χ3v) is 3.90. The molecule has 0 fully saturated rings. The van der Waals surface area contributed by atoms with Crippen molar-refractivity contribution in [1.29, 1.82) is 0 Å². The molecule has 16 heavy (non-hydrogen) atoms. The molecule has 0 saturated heterocycles. The number of sulfonamides is 1. The third kappa shape index (κ3) is 2.16. The molecular weight excluding hydrogens is 246 g/mol. The van der Waals surface area contributed by atoms with Crippen molar-refractivity contribution in [2.24, 2.45) is 5.14 Å². The lowest BCUT2D eigenvalue weighted by atomic mass is 10.3. The standard InChI is InChI=1S/C9H11N3O2S2/c1-2-11-9-12-7-4-3-6(16(10,13)14)5-8(7)15-9/h3-5H,2H2,1H3,(H,11,12)(H2,10,13,14). The predicted octanol–water partition coefficient (Wildman–Crippen LogP) is 1.38. The highest BCUT2D eigenvalue weighted by molar-refractivity contribution is 7.89. The fourth-order valence-corrected chi connectivity index (χ4v) is 2.90. The zero-order valence-corrected chi connectivity index (χ0v) is 10.2. The summed E-state index contributed by atoms with van der Waals surface area (Å²) < 4.78 is 23.1. The fourth-order valence-electron chi connectivity index (χ4n) is 1.31. The minimum absolute atomic E-state index is 0.117. The van der Waals surface area contributed by atoms with E-state index in [0.29, 0.717) is 0 Å². The lowest BCUT2D eigenvalue weighted by molar-refractivity contribution is 0.598. The Morgan fingerprint density at radius 1 is 1.50 bits per heavy atom. The SMILES string of the molecule is CCNc1nc2ccc(S(N)(=O)=O)cc2s1. The lowest BCUT2D eigenvalue weighted by Gasteiger charge is -1.95. The Kier molecular flexibility index (Phi) is 2.83. The van der Waals surface area contributed by atoms with Gasteiger partial charge in [-0.15, -0.1) is 0 Å². The fraction of sp³-hybridized carbons (Fsp3) is 0.222. The quantitative estimate of drug-likeness (QED) is 0.869. The first-order valence-electron chi connectivity index (χ1n) is 4.68. The molecule has 5 nitrogen and oxygen atoms in total. The number of nitrogens with one attached hydrogen (secondary N) is 1. The smallest absolute Gasteiger partial charge is 0.238 e. The van der Waals surface area contributed by atoms with Gasteiger partial charge in [-0.3, -0.25) is 0 Å². The van der Waals surface area contributed by atoms with Crippen LogP contribution in [0, 0.1) is 0 Å². The topological polar surface area (TPSA) is 85.1 Å². The Hall–Kier alpha value is -1.18. The molecule has 7 heteroatoms. The molecule has 2 aromatic rings. The number of hydrogen-bond acceptors (Lipinski definition) is 5. The summed E-state index contributed by atoms with van der Waals surface area (Å²) in [7, 11) is -3.64. The van der Waals surface area contributed by atoms with Gasteiger partial charge in [0.05, 0.1) is 15.1 Å². The van der Waals surface area contributed by atoms with Crippen LogP contribution < -0.4 is 10.5 Å². The van der Waals surface area contributed by atoms with Crippen LogP contribution in [0.4, 0.5) is 5.13 Å². The summed E-state index contributed by atoms with van der Waals surface area (Å²) >= 11 is 1.41. The molecule has 86 valence electrons. The lowest BCUT2D eigenvalue weighted by Crippen LogP contribution is -2.11. The second kappa shape index (κ2) is 4.00. The molecule has 0 aliphatic carbocycles. The van der Waals surface area contributed by atoms with Crippen LogP contribution in [-0.4, -0.2) is 19.9 Å². The molecule has 1 aromatic carbocycles. The van der Waals surface area contributed by atoms with E-state index < -0.39 is 10.0 Å². The van der Waals surface area contributed by atoms with Crippen molar-refractivity contribution in [2.45, 2.75) is 11.8 Å². The van der Waals surface area contributed by atoms with Crippen molar-refractivity contribution in [3.63, 3.8) is 0 Å². The van der Waals surface area contributed by atoms with Crippen molar-refractivity contribution in [2.75, 3.05) is 11.9 Å². The number of thiazole rings is 1. The van der Waals surface area contributed by atoms with E-state index in [0.717, 1.165) is 21.9 Å². The molecule has 2 rings (SSSR count). The second-order valence-corrected chi connectivity index (χ2v) is 5.82. The molecule has 0 unspecified atom stereocenters. The average molecular weight is 257 g/mol. The van der Waals surface area contributed by atoms with Gasteiger partial charge in [-0.2, -0.15) is 0 Å². The summed E-state index contributed by atoms with van der Waals surface area (Å²) in [5, 5.41) is 8.92. The van der Waals surface area contributed by atoms with Crippen LogP contribution in [0.1, 0.15) is 6.92 Å². The molecule has 0 radical (unpaired) electrons. The number of nitrogens with zero attached hydrogens (tertiary/aromatic N) is 1. The van der Waals surface area contributed by atoms with Crippen LogP contribution in [0.15, 0.2) is 23.1 Å². The Bertz CT molecular complexity index is 619. The van der Waals surface area contributed by atoms with Gasteiger partial charge in [0, 0.05) is 6.54 Å². The van der Waals surface area contributed by atoms with E-state index in [2.05, 4.69) is 10.3 Å². The number of benzene rings is 1. The normalized spacial score (nSPS) is 11.9. The van der Waals surface area contributed by atoms with Crippen molar-refractivity contribution < 1.29 is 8.42 Å². The molecule has 1 heterocycles. The summed E-state index contributed by atoms with van der Waals surface area (Å²) in [5.41, 5.74) is 0.772. The maximum absolute atomic E-state index is 11.2. The number of nitrogens with two attached hydrogens (primary N) is 1. The molecule has 3 N–H and O–H groups in total. The highest BCUT2D eigenvalue weighted by Crippen LogP contribution is 2.27. The first kappa shape index (κ1) is 11.3. The molecule has 0 aliphatic heterocycles. The predicted molar refractivity (Wildman–Crippen MR) is 65.2 cm³/mol. The van der Waals surface area contributed by atoms with Crippen molar-refractivity contribution in [3.8, 4) is 0 Å². The number of hydrogen-bond donors (Lipinski definition) is 2. The van der Waals surface area contributed by atoms with Gasteiger partial charge in [-0.25, -0.2) is 18.5 Å². The Balaban J connectivity index is 2.54. The van der Waals surface area contributed by atoms with E-state index in [1.807, 2.05) is 6.92 Å².